The van der Waals surface area contributed by atoms with E-state index in [2.05, 4.69) is 33.8 Å². The summed E-state index contributed by atoms with van der Waals surface area (Å²) in [4.78, 5) is 0. The van der Waals surface area contributed by atoms with Crippen molar-refractivity contribution in [3.8, 4) is 0 Å². The number of rotatable bonds is 2. The summed E-state index contributed by atoms with van der Waals surface area (Å²) in [6.45, 7) is 9.08. The molecule has 1 aliphatic rings. The van der Waals surface area contributed by atoms with Gasteiger partial charge < -0.3 is 10.2 Å². The molecule has 0 amide bonds. The molecule has 0 aromatic carbocycles. The Bertz CT molecular complexity index is 343. The topological polar surface area (TPSA) is 39.2 Å². The molecular formula is C13H21NO. The summed E-state index contributed by atoms with van der Waals surface area (Å²) in [6, 6.07) is 2.13. The number of hydrogen-bond acceptors (Lipinski definition) is 2. The Morgan fingerprint density at radius 3 is 2.40 bits per heavy atom. The zero-order valence-corrected chi connectivity index (χ0v) is 10.1. The minimum absolute atomic E-state index is 0.0579. The highest BCUT2D eigenvalue weighted by atomic mass is 16.3. The fraction of sp³-hybridized carbons (Fsp3) is 0.692. The molecule has 84 valence electrons. The van der Waals surface area contributed by atoms with Crippen LogP contribution in [0.1, 0.15) is 45.1 Å². The van der Waals surface area contributed by atoms with Crippen molar-refractivity contribution in [3.63, 3.8) is 0 Å². The third-order valence-electron chi connectivity index (χ3n) is 4.29. The van der Waals surface area contributed by atoms with Crippen molar-refractivity contribution >= 4 is 0 Å². The summed E-state index contributed by atoms with van der Waals surface area (Å²) in [5.41, 5.74) is 7.86. The molecule has 0 saturated carbocycles. The molecular weight excluding hydrogens is 186 g/mol. The number of fused-ring (bicyclic) bond motifs is 1. The van der Waals surface area contributed by atoms with Crippen molar-refractivity contribution in [3.05, 3.63) is 23.7 Å². The van der Waals surface area contributed by atoms with Gasteiger partial charge in [0.25, 0.3) is 0 Å². The van der Waals surface area contributed by atoms with E-state index in [0.717, 1.165) is 12.2 Å². The maximum absolute atomic E-state index is 6.38. The Morgan fingerprint density at radius 2 is 1.93 bits per heavy atom. The van der Waals surface area contributed by atoms with E-state index < -0.39 is 0 Å². The molecule has 1 aliphatic carbocycles. The maximum atomic E-state index is 6.38. The van der Waals surface area contributed by atoms with Crippen molar-refractivity contribution in [1.29, 1.82) is 0 Å². The number of nitrogens with two attached hydrogens (primary N) is 1. The predicted molar refractivity (Wildman–Crippen MR) is 61.4 cm³/mol. The van der Waals surface area contributed by atoms with Crippen LogP contribution in [0.25, 0.3) is 0 Å². The van der Waals surface area contributed by atoms with E-state index in [-0.39, 0.29) is 11.5 Å². The van der Waals surface area contributed by atoms with Crippen LogP contribution in [-0.2, 0) is 6.42 Å². The lowest BCUT2D eigenvalue weighted by molar-refractivity contribution is 0.0821. The van der Waals surface area contributed by atoms with Gasteiger partial charge in [-0.2, -0.15) is 0 Å². The van der Waals surface area contributed by atoms with Crippen LogP contribution in [0, 0.1) is 17.3 Å². The maximum Gasteiger partial charge on any atom is 0.124 e. The fourth-order valence-electron chi connectivity index (χ4n) is 3.24. The van der Waals surface area contributed by atoms with Crippen LogP contribution in [0.4, 0.5) is 0 Å². The molecule has 1 aromatic heterocycles. The summed E-state index contributed by atoms with van der Waals surface area (Å²) in [5.74, 6) is 2.17. The molecule has 0 aliphatic heterocycles. The predicted octanol–water partition coefficient (Wildman–Crippen LogP) is 3.13. The van der Waals surface area contributed by atoms with E-state index in [9.17, 15) is 0 Å². The average Bonchev–Trinajstić information content (AvgIpc) is 2.67. The van der Waals surface area contributed by atoms with Crippen molar-refractivity contribution < 1.29 is 4.42 Å². The molecule has 1 aromatic rings. The zero-order valence-electron chi connectivity index (χ0n) is 10.1. The van der Waals surface area contributed by atoms with E-state index in [0.29, 0.717) is 11.8 Å². The minimum atomic E-state index is 0.0579. The SMILES string of the molecule is CC(C)C1(C(C)C)Cc2ccoc2[C@H]1N. The monoisotopic (exact) mass is 207 g/mol. The average molecular weight is 207 g/mol. The Hall–Kier alpha value is -0.760. The molecule has 2 rings (SSSR count). The fourth-order valence-corrected chi connectivity index (χ4v) is 3.24. The summed E-state index contributed by atoms with van der Waals surface area (Å²) >= 11 is 0. The van der Waals surface area contributed by atoms with Gasteiger partial charge in [-0.1, -0.05) is 27.7 Å². The van der Waals surface area contributed by atoms with Gasteiger partial charge in [-0.25, -0.2) is 0 Å². The van der Waals surface area contributed by atoms with Crippen LogP contribution in [0.15, 0.2) is 16.7 Å². The smallest absolute Gasteiger partial charge is 0.124 e. The van der Waals surface area contributed by atoms with Crippen molar-refractivity contribution in [2.45, 2.75) is 40.2 Å². The third kappa shape index (κ3) is 1.27. The third-order valence-corrected chi connectivity index (χ3v) is 4.29. The molecule has 2 heteroatoms. The lowest BCUT2D eigenvalue weighted by Crippen LogP contribution is -2.41. The van der Waals surface area contributed by atoms with Gasteiger partial charge >= 0.3 is 0 Å². The second kappa shape index (κ2) is 3.38. The standard InChI is InChI=1S/C13H21NO/c1-8(2)13(9(3)4)7-10-5-6-15-11(10)12(13)14/h5-6,8-9,12H,7,14H2,1-4H3/t12-/m1/s1. The number of hydrogen-bond donors (Lipinski definition) is 1. The van der Waals surface area contributed by atoms with Crippen LogP contribution in [0.5, 0.6) is 0 Å². The molecule has 0 bridgehead atoms. The van der Waals surface area contributed by atoms with Gasteiger partial charge in [0.2, 0.25) is 0 Å². The van der Waals surface area contributed by atoms with Crippen LogP contribution in [0.3, 0.4) is 0 Å². The molecule has 2 N–H and O–H groups in total. The van der Waals surface area contributed by atoms with Crippen LogP contribution >= 0.6 is 0 Å². The van der Waals surface area contributed by atoms with Crippen LogP contribution in [0.2, 0.25) is 0 Å². The molecule has 0 spiro atoms. The Labute approximate surface area is 91.8 Å². The molecule has 2 nitrogen and oxygen atoms in total. The van der Waals surface area contributed by atoms with E-state index in [1.807, 2.05) is 0 Å². The van der Waals surface area contributed by atoms with Gasteiger partial charge in [0, 0.05) is 5.41 Å². The van der Waals surface area contributed by atoms with Gasteiger partial charge in [-0.15, -0.1) is 0 Å². The quantitative estimate of drug-likeness (QED) is 0.809. The van der Waals surface area contributed by atoms with Gasteiger partial charge in [0.1, 0.15) is 5.76 Å². The van der Waals surface area contributed by atoms with Crippen molar-refractivity contribution in [1.82, 2.24) is 0 Å². The highest BCUT2D eigenvalue weighted by Crippen LogP contribution is 2.53. The summed E-state index contributed by atoms with van der Waals surface area (Å²) in [7, 11) is 0. The lowest BCUT2D eigenvalue weighted by atomic mass is 9.65. The van der Waals surface area contributed by atoms with E-state index in [4.69, 9.17) is 10.2 Å². The molecule has 0 unspecified atom stereocenters. The van der Waals surface area contributed by atoms with Crippen LogP contribution < -0.4 is 5.73 Å². The molecule has 0 fully saturated rings. The van der Waals surface area contributed by atoms with Crippen molar-refractivity contribution in [2.24, 2.45) is 23.0 Å². The first-order valence-corrected chi connectivity index (χ1v) is 5.82. The zero-order chi connectivity index (χ0) is 11.2. The Kier molecular flexibility index (Phi) is 2.42. The highest BCUT2D eigenvalue weighted by molar-refractivity contribution is 5.31. The number of furan rings is 1. The van der Waals surface area contributed by atoms with E-state index >= 15 is 0 Å². The normalized spacial score (nSPS) is 23.8. The Balaban J connectivity index is 2.44. The minimum Gasteiger partial charge on any atom is -0.467 e. The second-order valence-electron chi connectivity index (χ2n) is 5.39. The van der Waals surface area contributed by atoms with Crippen LogP contribution in [-0.4, -0.2) is 0 Å². The Morgan fingerprint density at radius 1 is 1.33 bits per heavy atom. The molecule has 0 saturated heterocycles. The summed E-state index contributed by atoms with van der Waals surface area (Å²) < 4.78 is 5.52. The largest absolute Gasteiger partial charge is 0.467 e. The lowest BCUT2D eigenvalue weighted by Gasteiger charge is -2.41. The van der Waals surface area contributed by atoms with E-state index in [1.165, 1.54) is 5.56 Å². The van der Waals surface area contributed by atoms with E-state index in [1.54, 1.807) is 6.26 Å². The van der Waals surface area contributed by atoms with Gasteiger partial charge in [-0.3, -0.25) is 0 Å². The van der Waals surface area contributed by atoms with Gasteiger partial charge in [0.05, 0.1) is 12.3 Å². The first kappa shape index (κ1) is 10.7. The first-order valence-electron chi connectivity index (χ1n) is 5.82. The molecule has 0 radical (unpaired) electrons. The molecule has 15 heavy (non-hydrogen) atoms. The van der Waals surface area contributed by atoms with Gasteiger partial charge in [0.15, 0.2) is 0 Å². The molecule has 1 atom stereocenters. The molecule has 1 heterocycles. The second-order valence-corrected chi connectivity index (χ2v) is 5.39. The highest BCUT2D eigenvalue weighted by Gasteiger charge is 2.50. The summed E-state index contributed by atoms with van der Waals surface area (Å²) in [6.07, 6.45) is 2.82. The summed E-state index contributed by atoms with van der Waals surface area (Å²) in [5, 5.41) is 0. The van der Waals surface area contributed by atoms with Crippen molar-refractivity contribution in [2.75, 3.05) is 0 Å². The first-order chi connectivity index (χ1) is 7.00. The van der Waals surface area contributed by atoms with Gasteiger partial charge in [-0.05, 0) is 29.9 Å².